The molecule has 10 heteroatoms. The Morgan fingerprint density at radius 1 is 1.06 bits per heavy atom. The van der Waals surface area contributed by atoms with Gasteiger partial charge in [0.2, 0.25) is 15.8 Å². The smallest absolute Gasteiger partial charge is 0.374 e. The van der Waals surface area contributed by atoms with Gasteiger partial charge in [0.05, 0.1) is 18.1 Å². The highest BCUT2D eigenvalue weighted by Gasteiger charge is 2.34. The molecule has 1 fully saturated rings. The third kappa shape index (κ3) is 4.69. The van der Waals surface area contributed by atoms with Crippen LogP contribution in [0.1, 0.15) is 35.9 Å². The van der Waals surface area contributed by atoms with Gasteiger partial charge in [-0.1, -0.05) is 30.3 Å². The molecule has 1 aliphatic rings. The van der Waals surface area contributed by atoms with E-state index in [-0.39, 0.29) is 49.8 Å². The number of sulfonamides is 1. The fourth-order valence-electron chi connectivity index (χ4n) is 3.99. The summed E-state index contributed by atoms with van der Waals surface area (Å²) in [6, 6.07) is 12.2. The lowest BCUT2D eigenvalue weighted by Crippen LogP contribution is -2.40. The molecule has 1 saturated heterocycles. The van der Waals surface area contributed by atoms with Crippen molar-refractivity contribution in [1.29, 1.82) is 0 Å². The zero-order chi connectivity index (χ0) is 24.3. The number of carbonyl (C=O) groups excluding carboxylic acids is 2. The third-order valence-electron chi connectivity index (χ3n) is 5.76. The lowest BCUT2D eigenvalue weighted by atomic mass is 9.98. The first kappa shape index (κ1) is 23.9. The Labute approximate surface area is 196 Å². The van der Waals surface area contributed by atoms with Crippen molar-refractivity contribution in [2.24, 2.45) is 5.92 Å². The van der Waals surface area contributed by atoms with Crippen molar-refractivity contribution in [1.82, 2.24) is 4.31 Å². The van der Waals surface area contributed by atoms with Crippen LogP contribution in [0.2, 0.25) is 0 Å². The zero-order valence-corrected chi connectivity index (χ0v) is 19.3. The molecule has 34 heavy (non-hydrogen) atoms. The van der Waals surface area contributed by atoms with Crippen molar-refractivity contribution in [2.75, 3.05) is 19.7 Å². The van der Waals surface area contributed by atoms with Crippen LogP contribution in [-0.2, 0) is 30.9 Å². The summed E-state index contributed by atoms with van der Waals surface area (Å²) in [7, 11) is -3.99. The van der Waals surface area contributed by atoms with E-state index in [1.54, 1.807) is 31.2 Å². The number of fused-ring (bicyclic) bond motifs is 1. The number of piperidine rings is 1. The Bertz CT molecular complexity index is 1310. The molecule has 0 aliphatic carbocycles. The number of hydrogen-bond acceptors (Lipinski definition) is 7. The van der Waals surface area contributed by atoms with Crippen LogP contribution in [0.25, 0.3) is 11.0 Å². The van der Waals surface area contributed by atoms with Crippen molar-refractivity contribution >= 4 is 32.9 Å². The van der Waals surface area contributed by atoms with E-state index < -0.39 is 33.7 Å². The number of benzene rings is 2. The highest BCUT2D eigenvalue weighted by atomic mass is 32.2. The average Bonchev–Trinajstić information content (AvgIpc) is 3.21. The third-order valence-corrected chi connectivity index (χ3v) is 7.69. The normalized spacial score (nSPS) is 15.4. The number of carbonyl (C=O) groups is 2. The summed E-state index contributed by atoms with van der Waals surface area (Å²) in [5.74, 6) is -2.48. The van der Waals surface area contributed by atoms with Crippen LogP contribution < -0.4 is 0 Å². The minimum atomic E-state index is -3.99. The molecule has 0 radical (unpaired) electrons. The van der Waals surface area contributed by atoms with Gasteiger partial charge < -0.3 is 13.9 Å². The largest absolute Gasteiger partial charge is 0.460 e. The van der Waals surface area contributed by atoms with E-state index in [1.165, 1.54) is 22.5 Å². The molecule has 0 amide bonds. The fraction of sp³-hybridized carbons (Fsp3) is 0.333. The minimum absolute atomic E-state index is 0.0124. The molecule has 0 bridgehead atoms. The maximum absolute atomic E-state index is 14.0. The number of ether oxygens (including phenoxy) is 2. The summed E-state index contributed by atoms with van der Waals surface area (Å²) < 4.78 is 56.9. The molecule has 2 heterocycles. The van der Waals surface area contributed by atoms with E-state index in [0.717, 1.165) is 6.07 Å². The van der Waals surface area contributed by atoms with Crippen LogP contribution in [0.3, 0.4) is 0 Å². The number of halogens is 1. The maximum Gasteiger partial charge on any atom is 0.374 e. The summed E-state index contributed by atoms with van der Waals surface area (Å²) in [6.07, 6.45) is 0.479. The Morgan fingerprint density at radius 3 is 2.44 bits per heavy atom. The number of hydrogen-bond donors (Lipinski definition) is 0. The molecule has 0 saturated carbocycles. The van der Waals surface area contributed by atoms with Crippen LogP contribution in [0.4, 0.5) is 4.39 Å². The van der Waals surface area contributed by atoms with Crippen LogP contribution >= 0.6 is 0 Å². The molecule has 8 nitrogen and oxygen atoms in total. The van der Waals surface area contributed by atoms with Crippen LogP contribution in [0.5, 0.6) is 0 Å². The van der Waals surface area contributed by atoms with Crippen LogP contribution in [0.15, 0.2) is 57.8 Å². The van der Waals surface area contributed by atoms with Crippen molar-refractivity contribution in [2.45, 2.75) is 31.3 Å². The van der Waals surface area contributed by atoms with Crippen LogP contribution in [-0.4, -0.2) is 44.4 Å². The molecule has 1 aliphatic heterocycles. The van der Waals surface area contributed by atoms with Gasteiger partial charge in [-0.25, -0.2) is 17.6 Å². The average molecular weight is 490 g/mol. The molecule has 0 unspecified atom stereocenters. The summed E-state index contributed by atoms with van der Waals surface area (Å²) in [5, 5.41) is 0.643. The molecule has 4 rings (SSSR count). The lowest BCUT2D eigenvalue weighted by Gasteiger charge is -2.30. The molecule has 180 valence electrons. The highest BCUT2D eigenvalue weighted by molar-refractivity contribution is 7.89. The molecule has 0 spiro atoms. The van der Waals surface area contributed by atoms with Gasteiger partial charge in [-0.15, -0.1) is 0 Å². The Balaban J connectivity index is 1.42. The van der Waals surface area contributed by atoms with Crippen molar-refractivity contribution in [3.63, 3.8) is 0 Å². The molecule has 3 aromatic rings. The van der Waals surface area contributed by atoms with Gasteiger partial charge in [0, 0.05) is 18.5 Å². The number of nitrogens with zero attached hydrogens (tertiary/aromatic N) is 1. The Hall–Kier alpha value is -3.24. The van der Waals surface area contributed by atoms with E-state index in [9.17, 15) is 22.4 Å². The summed E-state index contributed by atoms with van der Waals surface area (Å²) in [4.78, 5) is 24.6. The lowest BCUT2D eigenvalue weighted by molar-refractivity contribution is -0.151. The van der Waals surface area contributed by atoms with E-state index in [1.807, 2.05) is 0 Å². The number of para-hydroxylation sites is 1. The Kier molecular flexibility index (Phi) is 6.99. The first-order valence-corrected chi connectivity index (χ1v) is 12.4. The molecular weight excluding hydrogens is 465 g/mol. The van der Waals surface area contributed by atoms with Gasteiger partial charge in [-0.05, 0) is 38.0 Å². The molecule has 0 N–H and O–H groups in total. The molecule has 2 aromatic carbocycles. The first-order valence-electron chi connectivity index (χ1n) is 10.9. The molecule has 1 aromatic heterocycles. The van der Waals surface area contributed by atoms with E-state index in [4.69, 9.17) is 13.9 Å². The van der Waals surface area contributed by atoms with E-state index in [2.05, 4.69) is 0 Å². The minimum Gasteiger partial charge on any atom is -0.460 e. The predicted molar refractivity (Wildman–Crippen MR) is 120 cm³/mol. The SMILES string of the molecule is CCOC(=O)c1oc2ccccc2c1COC(=O)C1CCN(S(=O)(=O)c2ccccc2F)CC1. The maximum atomic E-state index is 14.0. The number of esters is 2. The monoisotopic (exact) mass is 489 g/mol. The van der Waals surface area contributed by atoms with E-state index in [0.29, 0.717) is 16.5 Å². The van der Waals surface area contributed by atoms with Gasteiger partial charge in [-0.3, -0.25) is 4.79 Å². The zero-order valence-electron chi connectivity index (χ0n) is 18.5. The second kappa shape index (κ2) is 9.94. The highest BCUT2D eigenvalue weighted by Crippen LogP contribution is 2.29. The predicted octanol–water partition coefficient (Wildman–Crippen LogP) is 3.89. The first-order chi connectivity index (χ1) is 16.3. The van der Waals surface area contributed by atoms with Crippen molar-refractivity contribution in [3.8, 4) is 0 Å². The second-order valence-electron chi connectivity index (χ2n) is 7.84. The quantitative estimate of drug-likeness (QED) is 0.464. The Morgan fingerprint density at radius 2 is 1.74 bits per heavy atom. The van der Waals surface area contributed by atoms with Gasteiger partial charge in [0.1, 0.15) is 22.9 Å². The van der Waals surface area contributed by atoms with Crippen LogP contribution in [0, 0.1) is 11.7 Å². The molecular formula is C24H24FNO7S. The topological polar surface area (TPSA) is 103 Å². The van der Waals surface area contributed by atoms with E-state index >= 15 is 0 Å². The van der Waals surface area contributed by atoms with Gasteiger partial charge in [0.25, 0.3) is 0 Å². The van der Waals surface area contributed by atoms with Gasteiger partial charge in [0.15, 0.2) is 0 Å². The van der Waals surface area contributed by atoms with Crippen molar-refractivity contribution < 1.29 is 36.3 Å². The van der Waals surface area contributed by atoms with Gasteiger partial charge >= 0.3 is 11.9 Å². The summed E-state index contributed by atoms with van der Waals surface area (Å²) in [6.45, 7) is 1.80. The summed E-state index contributed by atoms with van der Waals surface area (Å²) >= 11 is 0. The number of furan rings is 1. The molecule has 0 atom stereocenters. The van der Waals surface area contributed by atoms with Gasteiger partial charge in [-0.2, -0.15) is 4.31 Å². The standard InChI is InChI=1S/C24H24FNO7S/c1-2-31-24(28)22-18(17-7-3-5-9-20(17)33-22)15-32-23(27)16-11-13-26(14-12-16)34(29,30)21-10-6-4-8-19(21)25/h3-10,16H,2,11-15H2,1H3. The second-order valence-corrected chi connectivity index (χ2v) is 9.75. The number of rotatable bonds is 7. The summed E-state index contributed by atoms with van der Waals surface area (Å²) in [5.41, 5.74) is 0.894. The fourth-order valence-corrected chi connectivity index (χ4v) is 5.52. The van der Waals surface area contributed by atoms with Crippen molar-refractivity contribution in [3.05, 3.63) is 65.7 Å².